The average Bonchev–Trinajstić information content (AvgIpc) is 2.92. The maximum Gasteiger partial charge on any atom is 0.0803 e. The Balaban J connectivity index is 1.46. The van der Waals surface area contributed by atoms with Crippen LogP contribution in [0.5, 0.6) is 0 Å². The zero-order valence-electron chi connectivity index (χ0n) is 18.3. The first kappa shape index (κ1) is 18.9. The van der Waals surface area contributed by atoms with Crippen LogP contribution in [0.2, 0.25) is 0 Å². The van der Waals surface area contributed by atoms with E-state index in [2.05, 4.69) is 83.8 Å². The Morgan fingerprint density at radius 2 is 1.32 bits per heavy atom. The lowest BCUT2D eigenvalue weighted by atomic mass is 9.95. The number of hydrogen-bond donors (Lipinski definition) is 0. The Labute approximate surface area is 196 Å². The van der Waals surface area contributed by atoms with Gasteiger partial charge in [0.1, 0.15) is 0 Å². The number of pyridine rings is 3. The standard InChI is InChI=1S/C31H19N3/c1-2-8-22-20(7-1)14-16-26-30(22)25-9-3-4-12-29(25)34-31(26)21-15-17-28(33-19-21)23-10-5-13-27-24(23)11-6-18-32-27/h1-19H. The highest BCUT2D eigenvalue weighted by atomic mass is 14.7. The van der Waals surface area contributed by atoms with Crippen LogP contribution in [-0.4, -0.2) is 15.0 Å². The van der Waals surface area contributed by atoms with Crippen molar-refractivity contribution in [3.05, 3.63) is 116 Å². The number of benzene rings is 4. The van der Waals surface area contributed by atoms with E-state index < -0.39 is 0 Å². The Bertz CT molecular complexity index is 1830. The van der Waals surface area contributed by atoms with Crippen LogP contribution in [0.15, 0.2) is 116 Å². The number of para-hydroxylation sites is 1. The first-order valence-corrected chi connectivity index (χ1v) is 11.4. The number of hydrogen-bond acceptors (Lipinski definition) is 3. The normalized spacial score (nSPS) is 11.5. The molecule has 0 aliphatic heterocycles. The molecule has 0 N–H and O–H groups in total. The van der Waals surface area contributed by atoms with E-state index in [1.54, 1.807) is 0 Å². The molecule has 0 radical (unpaired) electrons. The minimum Gasteiger partial charge on any atom is -0.256 e. The predicted octanol–water partition coefficient (Wildman–Crippen LogP) is 7.82. The first-order chi connectivity index (χ1) is 16.9. The topological polar surface area (TPSA) is 38.7 Å². The fraction of sp³-hybridized carbons (Fsp3) is 0. The summed E-state index contributed by atoms with van der Waals surface area (Å²) in [5.74, 6) is 0. The van der Waals surface area contributed by atoms with Crippen LogP contribution in [0.4, 0.5) is 0 Å². The zero-order chi connectivity index (χ0) is 22.5. The molecule has 3 aromatic heterocycles. The minimum absolute atomic E-state index is 0.929. The summed E-state index contributed by atoms with van der Waals surface area (Å²) < 4.78 is 0. The van der Waals surface area contributed by atoms with Gasteiger partial charge in [-0.15, -0.1) is 0 Å². The molecule has 0 aliphatic rings. The molecule has 0 saturated heterocycles. The highest BCUT2D eigenvalue weighted by Crippen LogP contribution is 2.37. The molecule has 7 rings (SSSR count). The third-order valence-electron chi connectivity index (χ3n) is 6.55. The summed E-state index contributed by atoms with van der Waals surface area (Å²) in [6.45, 7) is 0. The van der Waals surface area contributed by atoms with Crippen molar-refractivity contribution < 1.29 is 0 Å². The molecule has 0 fully saturated rings. The van der Waals surface area contributed by atoms with Gasteiger partial charge < -0.3 is 0 Å². The molecule has 0 unspecified atom stereocenters. The van der Waals surface area contributed by atoms with Crippen molar-refractivity contribution in [1.82, 2.24) is 15.0 Å². The van der Waals surface area contributed by atoms with Crippen LogP contribution in [-0.2, 0) is 0 Å². The molecule has 0 bridgehead atoms. The van der Waals surface area contributed by atoms with Crippen molar-refractivity contribution in [2.75, 3.05) is 0 Å². The molecule has 0 saturated carbocycles. The highest BCUT2D eigenvalue weighted by Gasteiger charge is 2.14. The Kier molecular flexibility index (Phi) is 4.15. The van der Waals surface area contributed by atoms with Crippen LogP contribution >= 0.6 is 0 Å². The summed E-state index contributed by atoms with van der Waals surface area (Å²) in [7, 11) is 0. The van der Waals surface area contributed by atoms with Crippen molar-refractivity contribution in [2.24, 2.45) is 0 Å². The van der Waals surface area contributed by atoms with Crippen LogP contribution < -0.4 is 0 Å². The third-order valence-corrected chi connectivity index (χ3v) is 6.55. The van der Waals surface area contributed by atoms with E-state index in [1.165, 1.54) is 21.5 Å². The fourth-order valence-corrected chi connectivity index (χ4v) is 4.96. The summed E-state index contributed by atoms with van der Waals surface area (Å²) in [4.78, 5) is 14.4. The van der Waals surface area contributed by atoms with Gasteiger partial charge in [-0.25, -0.2) is 4.98 Å². The third kappa shape index (κ3) is 2.87. The van der Waals surface area contributed by atoms with Gasteiger partial charge in [-0.3, -0.25) is 9.97 Å². The maximum absolute atomic E-state index is 5.08. The van der Waals surface area contributed by atoms with Gasteiger partial charge in [-0.1, -0.05) is 72.8 Å². The van der Waals surface area contributed by atoms with Crippen LogP contribution in [0.3, 0.4) is 0 Å². The van der Waals surface area contributed by atoms with Crippen molar-refractivity contribution in [1.29, 1.82) is 0 Å². The van der Waals surface area contributed by atoms with Crippen molar-refractivity contribution >= 4 is 43.4 Å². The first-order valence-electron chi connectivity index (χ1n) is 11.4. The number of rotatable bonds is 2. The minimum atomic E-state index is 0.929. The molecule has 7 aromatic rings. The molecule has 34 heavy (non-hydrogen) atoms. The van der Waals surface area contributed by atoms with Gasteiger partial charge in [-0.05, 0) is 41.1 Å². The molecule has 0 amide bonds. The van der Waals surface area contributed by atoms with Crippen molar-refractivity contribution in [3.8, 4) is 22.5 Å². The number of aromatic nitrogens is 3. The lowest BCUT2D eigenvalue weighted by Gasteiger charge is -2.13. The van der Waals surface area contributed by atoms with E-state index in [1.807, 2.05) is 36.7 Å². The maximum atomic E-state index is 5.08. The Hall–Kier alpha value is -4.63. The van der Waals surface area contributed by atoms with Gasteiger partial charge in [0, 0.05) is 45.1 Å². The molecule has 0 atom stereocenters. The van der Waals surface area contributed by atoms with Gasteiger partial charge in [0.25, 0.3) is 0 Å². The van der Waals surface area contributed by atoms with Crippen LogP contribution in [0.1, 0.15) is 0 Å². The largest absolute Gasteiger partial charge is 0.256 e. The molecular formula is C31H19N3. The average molecular weight is 434 g/mol. The lowest BCUT2D eigenvalue weighted by Crippen LogP contribution is -1.92. The van der Waals surface area contributed by atoms with E-state index in [4.69, 9.17) is 9.97 Å². The molecule has 3 heteroatoms. The SMILES string of the molecule is c1ccc2c(c1)ccc1c(-c3ccc(-c4cccc5ncccc45)nc3)nc3ccccc3c12. The highest BCUT2D eigenvalue weighted by molar-refractivity contribution is 6.22. The summed E-state index contributed by atoms with van der Waals surface area (Å²) in [6.07, 6.45) is 3.76. The van der Waals surface area contributed by atoms with E-state index in [0.29, 0.717) is 0 Å². The second-order valence-corrected chi connectivity index (χ2v) is 8.49. The van der Waals surface area contributed by atoms with Gasteiger partial charge in [0.05, 0.1) is 22.4 Å². The smallest absolute Gasteiger partial charge is 0.0803 e. The van der Waals surface area contributed by atoms with Crippen LogP contribution in [0, 0.1) is 0 Å². The quantitative estimate of drug-likeness (QED) is 0.261. The van der Waals surface area contributed by atoms with Gasteiger partial charge in [0.15, 0.2) is 0 Å². The fourth-order valence-electron chi connectivity index (χ4n) is 4.96. The number of nitrogens with zero attached hydrogens (tertiary/aromatic N) is 3. The van der Waals surface area contributed by atoms with Gasteiger partial charge in [0.2, 0.25) is 0 Å². The Morgan fingerprint density at radius 1 is 0.500 bits per heavy atom. The van der Waals surface area contributed by atoms with Gasteiger partial charge in [-0.2, -0.15) is 0 Å². The van der Waals surface area contributed by atoms with E-state index in [-0.39, 0.29) is 0 Å². The summed E-state index contributed by atoms with van der Waals surface area (Å²) >= 11 is 0. The van der Waals surface area contributed by atoms with Gasteiger partial charge >= 0.3 is 0 Å². The Morgan fingerprint density at radius 3 is 2.24 bits per heavy atom. The van der Waals surface area contributed by atoms with Crippen molar-refractivity contribution in [3.63, 3.8) is 0 Å². The summed E-state index contributed by atoms with van der Waals surface area (Å²) in [6, 6.07) is 35.7. The molecule has 158 valence electrons. The molecule has 4 aromatic carbocycles. The summed E-state index contributed by atoms with van der Waals surface area (Å²) in [5, 5.41) is 7.13. The van der Waals surface area contributed by atoms with Crippen LogP contribution in [0.25, 0.3) is 65.9 Å². The second-order valence-electron chi connectivity index (χ2n) is 8.49. The second kappa shape index (κ2) is 7.46. The van der Waals surface area contributed by atoms with E-state index >= 15 is 0 Å². The molecule has 3 nitrogen and oxygen atoms in total. The predicted molar refractivity (Wildman–Crippen MR) is 141 cm³/mol. The molecular weight excluding hydrogens is 414 g/mol. The van der Waals surface area contributed by atoms with Crippen molar-refractivity contribution in [2.45, 2.75) is 0 Å². The molecule has 0 aliphatic carbocycles. The monoisotopic (exact) mass is 433 g/mol. The zero-order valence-corrected chi connectivity index (χ0v) is 18.3. The molecule has 0 spiro atoms. The molecule has 3 heterocycles. The van der Waals surface area contributed by atoms with E-state index in [9.17, 15) is 0 Å². The van der Waals surface area contributed by atoms with E-state index in [0.717, 1.165) is 44.3 Å². The lowest BCUT2D eigenvalue weighted by molar-refractivity contribution is 1.31. The summed E-state index contributed by atoms with van der Waals surface area (Å²) in [5.41, 5.74) is 5.94. The number of fused-ring (bicyclic) bond motifs is 6.